The molecule has 13 heavy (non-hydrogen) atoms. The highest BCUT2D eigenvalue weighted by molar-refractivity contribution is 8.14. The summed E-state index contributed by atoms with van der Waals surface area (Å²) in [5.41, 5.74) is 0. The summed E-state index contributed by atoms with van der Waals surface area (Å²) in [6, 6.07) is 0.471. The van der Waals surface area contributed by atoms with Crippen molar-refractivity contribution in [3.8, 4) is 0 Å². The lowest BCUT2D eigenvalue weighted by Crippen LogP contribution is -2.27. The van der Waals surface area contributed by atoms with Gasteiger partial charge in [0.15, 0.2) is 5.17 Å². The molecule has 0 aromatic heterocycles. The fourth-order valence-corrected chi connectivity index (χ4v) is 1.80. The van der Waals surface area contributed by atoms with Crippen LogP contribution in [0.3, 0.4) is 0 Å². The molecule has 0 bridgehead atoms. The number of amides is 1. The summed E-state index contributed by atoms with van der Waals surface area (Å²) >= 11 is 1.67. The lowest BCUT2D eigenvalue weighted by molar-refractivity contribution is -0.127. The van der Waals surface area contributed by atoms with Crippen molar-refractivity contribution in [1.29, 1.82) is 0 Å². The summed E-state index contributed by atoms with van der Waals surface area (Å²) in [6.45, 7) is 2.35. The normalized spacial score (nSPS) is 24.5. The van der Waals surface area contributed by atoms with Crippen molar-refractivity contribution in [2.45, 2.75) is 13.0 Å². The highest BCUT2D eigenvalue weighted by Crippen LogP contribution is 2.12. The molecule has 1 aliphatic rings. The first-order valence-corrected chi connectivity index (χ1v) is 5.22. The summed E-state index contributed by atoms with van der Waals surface area (Å²) in [5, 5.41) is 4.08. The molecule has 0 spiro atoms. The minimum absolute atomic E-state index is 0.0365. The van der Waals surface area contributed by atoms with Gasteiger partial charge in [0.25, 0.3) is 0 Å². The molecular formula is C8H15N3OS. The summed E-state index contributed by atoms with van der Waals surface area (Å²) in [7, 11) is 3.47. The SMILES string of the molecule is CC1CSC(=NCC(=O)N(C)C)N1. The van der Waals surface area contributed by atoms with E-state index in [9.17, 15) is 4.79 Å². The Labute approximate surface area is 82.8 Å². The number of nitrogens with one attached hydrogen (secondary N) is 1. The van der Waals surface area contributed by atoms with E-state index in [0.717, 1.165) is 10.9 Å². The van der Waals surface area contributed by atoms with Gasteiger partial charge < -0.3 is 10.2 Å². The van der Waals surface area contributed by atoms with Crippen LogP contribution in [0.1, 0.15) is 6.92 Å². The third kappa shape index (κ3) is 3.26. The number of hydrogen-bond acceptors (Lipinski definition) is 3. The Morgan fingerprint density at radius 1 is 1.77 bits per heavy atom. The van der Waals surface area contributed by atoms with Gasteiger partial charge in [-0.05, 0) is 6.92 Å². The third-order valence-corrected chi connectivity index (χ3v) is 2.88. The number of carbonyl (C=O) groups is 1. The van der Waals surface area contributed by atoms with E-state index in [1.807, 2.05) is 0 Å². The van der Waals surface area contributed by atoms with Crippen LogP contribution in [-0.4, -0.2) is 48.4 Å². The van der Waals surface area contributed by atoms with E-state index in [1.165, 1.54) is 0 Å². The van der Waals surface area contributed by atoms with Crippen LogP contribution in [0.15, 0.2) is 4.99 Å². The van der Waals surface area contributed by atoms with Gasteiger partial charge in [0.1, 0.15) is 6.54 Å². The third-order valence-electron chi connectivity index (χ3n) is 1.70. The van der Waals surface area contributed by atoms with Crippen LogP contribution in [0.25, 0.3) is 0 Å². The van der Waals surface area contributed by atoms with Gasteiger partial charge in [-0.25, -0.2) is 0 Å². The van der Waals surface area contributed by atoms with Gasteiger partial charge in [0.05, 0.1) is 0 Å². The first-order valence-electron chi connectivity index (χ1n) is 4.23. The molecular weight excluding hydrogens is 186 g/mol. The Balaban J connectivity index is 2.36. The first-order chi connectivity index (χ1) is 6.09. The van der Waals surface area contributed by atoms with Crippen molar-refractivity contribution < 1.29 is 4.79 Å². The molecule has 74 valence electrons. The summed E-state index contributed by atoms with van der Waals surface area (Å²) < 4.78 is 0. The molecule has 1 atom stereocenters. The number of likely N-dealkylation sites (N-methyl/N-ethyl adjacent to an activating group) is 1. The predicted molar refractivity (Wildman–Crippen MR) is 56.1 cm³/mol. The zero-order valence-corrected chi connectivity index (χ0v) is 9.02. The minimum Gasteiger partial charge on any atom is -0.362 e. The maximum atomic E-state index is 11.2. The van der Waals surface area contributed by atoms with Gasteiger partial charge in [0.2, 0.25) is 5.91 Å². The van der Waals surface area contributed by atoms with E-state index in [2.05, 4.69) is 17.2 Å². The Hall–Kier alpha value is -0.710. The number of amidine groups is 1. The maximum absolute atomic E-state index is 11.2. The van der Waals surface area contributed by atoms with Gasteiger partial charge in [0, 0.05) is 25.9 Å². The molecule has 0 radical (unpaired) electrons. The highest BCUT2D eigenvalue weighted by atomic mass is 32.2. The van der Waals surface area contributed by atoms with Crippen LogP contribution < -0.4 is 5.32 Å². The smallest absolute Gasteiger partial charge is 0.243 e. The van der Waals surface area contributed by atoms with Gasteiger partial charge in [-0.15, -0.1) is 0 Å². The van der Waals surface area contributed by atoms with E-state index in [-0.39, 0.29) is 12.5 Å². The molecule has 0 aliphatic carbocycles. The summed E-state index contributed by atoms with van der Waals surface area (Å²) in [5.74, 6) is 1.07. The van der Waals surface area contributed by atoms with Crippen LogP contribution in [-0.2, 0) is 4.79 Å². The molecule has 4 nitrogen and oxygen atoms in total. The second kappa shape index (κ2) is 4.50. The Morgan fingerprint density at radius 3 is 2.92 bits per heavy atom. The standard InChI is InChI=1S/C8H15N3OS/c1-6-5-13-8(10-6)9-4-7(12)11(2)3/h6H,4-5H2,1-3H3,(H,9,10). The van der Waals surface area contributed by atoms with Crippen LogP contribution >= 0.6 is 11.8 Å². The zero-order valence-electron chi connectivity index (χ0n) is 8.20. The van der Waals surface area contributed by atoms with E-state index < -0.39 is 0 Å². The maximum Gasteiger partial charge on any atom is 0.243 e. The van der Waals surface area contributed by atoms with Crippen molar-refractivity contribution >= 4 is 22.8 Å². The molecule has 5 heteroatoms. The number of aliphatic imine (C=N–C) groups is 1. The van der Waals surface area contributed by atoms with Crippen molar-refractivity contribution in [3.63, 3.8) is 0 Å². The molecule has 1 rings (SSSR count). The highest BCUT2D eigenvalue weighted by Gasteiger charge is 2.15. The molecule has 0 saturated carbocycles. The van der Waals surface area contributed by atoms with Crippen LogP contribution in [0.4, 0.5) is 0 Å². The lowest BCUT2D eigenvalue weighted by atomic mass is 10.4. The van der Waals surface area contributed by atoms with Crippen molar-refractivity contribution in [3.05, 3.63) is 0 Å². The summed E-state index contributed by atoms with van der Waals surface area (Å²) in [6.07, 6.45) is 0. The molecule has 1 N–H and O–H groups in total. The van der Waals surface area contributed by atoms with Gasteiger partial charge >= 0.3 is 0 Å². The van der Waals surface area contributed by atoms with Gasteiger partial charge in [-0.3, -0.25) is 9.79 Å². The van der Waals surface area contributed by atoms with Gasteiger partial charge in [-0.2, -0.15) is 0 Å². The van der Waals surface area contributed by atoms with E-state index >= 15 is 0 Å². The van der Waals surface area contributed by atoms with Crippen LogP contribution in [0.5, 0.6) is 0 Å². The second-order valence-electron chi connectivity index (χ2n) is 3.27. The largest absolute Gasteiger partial charge is 0.362 e. The number of carbonyl (C=O) groups excluding carboxylic acids is 1. The molecule has 1 heterocycles. The molecule has 1 amide bonds. The van der Waals surface area contributed by atoms with E-state index in [4.69, 9.17) is 0 Å². The fraction of sp³-hybridized carbons (Fsp3) is 0.750. The summed E-state index contributed by atoms with van der Waals surface area (Å²) in [4.78, 5) is 16.9. The minimum atomic E-state index is 0.0365. The number of hydrogen-bond donors (Lipinski definition) is 1. The Kier molecular flexibility index (Phi) is 3.59. The van der Waals surface area contributed by atoms with Crippen LogP contribution in [0, 0.1) is 0 Å². The fourth-order valence-electron chi connectivity index (χ4n) is 0.870. The van der Waals surface area contributed by atoms with Crippen molar-refractivity contribution in [2.24, 2.45) is 4.99 Å². The Bertz CT molecular complexity index is 227. The first kappa shape index (κ1) is 10.4. The number of rotatable bonds is 2. The van der Waals surface area contributed by atoms with Crippen molar-refractivity contribution in [1.82, 2.24) is 10.2 Å². The van der Waals surface area contributed by atoms with E-state index in [1.54, 1.807) is 30.8 Å². The molecule has 1 unspecified atom stereocenters. The monoisotopic (exact) mass is 201 g/mol. The molecule has 0 aromatic rings. The topological polar surface area (TPSA) is 44.7 Å². The van der Waals surface area contributed by atoms with Crippen LogP contribution in [0.2, 0.25) is 0 Å². The molecule has 1 aliphatic heterocycles. The number of thioether (sulfide) groups is 1. The predicted octanol–water partition coefficient (Wildman–Crippen LogP) is 0.156. The second-order valence-corrected chi connectivity index (χ2v) is 4.27. The average molecular weight is 201 g/mol. The quantitative estimate of drug-likeness (QED) is 0.692. The van der Waals surface area contributed by atoms with E-state index in [0.29, 0.717) is 6.04 Å². The number of nitrogens with zero attached hydrogens (tertiary/aromatic N) is 2. The Morgan fingerprint density at radius 2 is 2.46 bits per heavy atom. The van der Waals surface area contributed by atoms with Gasteiger partial charge in [-0.1, -0.05) is 11.8 Å². The molecule has 1 saturated heterocycles. The lowest BCUT2D eigenvalue weighted by Gasteiger charge is -2.07. The molecule has 0 aromatic carbocycles. The molecule has 1 fully saturated rings. The van der Waals surface area contributed by atoms with Crippen molar-refractivity contribution in [2.75, 3.05) is 26.4 Å². The zero-order chi connectivity index (χ0) is 9.84. The average Bonchev–Trinajstić information content (AvgIpc) is 2.47.